The number of hydrogen-bond donors (Lipinski definition) is 1. The van der Waals surface area contributed by atoms with Crippen LogP contribution in [0.1, 0.15) is 42.5 Å². The monoisotopic (exact) mass is 344 g/mol. The van der Waals surface area contributed by atoms with Gasteiger partial charge in [-0.25, -0.2) is 0 Å². The number of fused-ring (bicyclic) bond motifs is 1. The molecule has 0 unspecified atom stereocenters. The molecule has 0 aliphatic heterocycles. The van der Waals surface area contributed by atoms with Gasteiger partial charge in [0.25, 0.3) is 11.5 Å². The fourth-order valence-electron chi connectivity index (χ4n) is 3.48. The summed E-state index contributed by atoms with van der Waals surface area (Å²) in [6.45, 7) is 0. The third-order valence-electron chi connectivity index (χ3n) is 4.87. The van der Waals surface area contributed by atoms with Crippen LogP contribution in [-0.2, 0) is 7.05 Å². The number of carbonyl (C=O) groups excluding carboxylic acids is 1. The van der Waals surface area contributed by atoms with Gasteiger partial charge < -0.3 is 19.4 Å². The number of pyridine rings is 1. The van der Waals surface area contributed by atoms with Gasteiger partial charge in [-0.3, -0.25) is 9.59 Å². The van der Waals surface area contributed by atoms with Crippen molar-refractivity contribution < 1.29 is 14.3 Å². The Balaban J connectivity index is 2.08. The van der Waals surface area contributed by atoms with Crippen LogP contribution < -0.4 is 20.3 Å². The molecule has 134 valence electrons. The highest BCUT2D eigenvalue weighted by atomic mass is 16.5. The Morgan fingerprint density at radius 2 is 1.68 bits per heavy atom. The van der Waals surface area contributed by atoms with Crippen LogP contribution in [0, 0.1) is 0 Å². The van der Waals surface area contributed by atoms with E-state index in [2.05, 4.69) is 5.32 Å². The molecule has 6 heteroatoms. The van der Waals surface area contributed by atoms with E-state index in [1.807, 2.05) is 0 Å². The molecule has 1 aromatic heterocycles. The van der Waals surface area contributed by atoms with Crippen molar-refractivity contribution >= 4 is 16.7 Å². The van der Waals surface area contributed by atoms with E-state index in [1.165, 1.54) is 25.2 Å². The maximum atomic E-state index is 12.8. The Bertz CT molecular complexity index is 851. The molecule has 1 N–H and O–H groups in total. The molecular weight excluding hydrogens is 320 g/mol. The molecule has 25 heavy (non-hydrogen) atoms. The quantitative estimate of drug-likeness (QED) is 0.926. The van der Waals surface area contributed by atoms with Crippen molar-refractivity contribution in [3.05, 3.63) is 34.2 Å². The predicted molar refractivity (Wildman–Crippen MR) is 96.6 cm³/mol. The summed E-state index contributed by atoms with van der Waals surface area (Å²) in [5.41, 5.74) is 0.300. The molecule has 1 aliphatic rings. The van der Waals surface area contributed by atoms with Crippen molar-refractivity contribution in [1.82, 2.24) is 9.88 Å². The van der Waals surface area contributed by atoms with Crippen LogP contribution in [0.5, 0.6) is 11.5 Å². The van der Waals surface area contributed by atoms with Gasteiger partial charge in [-0.05, 0) is 25.0 Å². The van der Waals surface area contributed by atoms with Crippen LogP contribution in [0.3, 0.4) is 0 Å². The van der Waals surface area contributed by atoms with Crippen LogP contribution >= 0.6 is 0 Å². The number of nitrogens with zero attached hydrogens (tertiary/aromatic N) is 1. The van der Waals surface area contributed by atoms with Gasteiger partial charge in [0.05, 0.1) is 25.2 Å². The first-order valence-electron chi connectivity index (χ1n) is 8.61. The SMILES string of the molecule is COc1cc2c(C(=O)NC3CCCCC3)cn(C)c(=O)c2cc1OC. The van der Waals surface area contributed by atoms with Crippen molar-refractivity contribution in [3.8, 4) is 11.5 Å². The van der Waals surface area contributed by atoms with E-state index in [0.717, 1.165) is 25.7 Å². The maximum absolute atomic E-state index is 12.8. The highest BCUT2D eigenvalue weighted by Crippen LogP contribution is 2.32. The second-order valence-electron chi connectivity index (χ2n) is 6.52. The van der Waals surface area contributed by atoms with Gasteiger partial charge in [-0.1, -0.05) is 19.3 Å². The van der Waals surface area contributed by atoms with E-state index in [1.54, 1.807) is 25.4 Å². The largest absolute Gasteiger partial charge is 0.493 e. The summed E-state index contributed by atoms with van der Waals surface area (Å²) in [5, 5.41) is 4.13. The molecular formula is C19H24N2O4. The first-order chi connectivity index (χ1) is 12.0. The lowest BCUT2D eigenvalue weighted by molar-refractivity contribution is 0.0928. The van der Waals surface area contributed by atoms with Crippen LogP contribution in [0.4, 0.5) is 0 Å². The number of carbonyl (C=O) groups is 1. The van der Waals surface area contributed by atoms with Gasteiger partial charge in [0.1, 0.15) is 0 Å². The Morgan fingerprint density at radius 3 is 2.28 bits per heavy atom. The summed E-state index contributed by atoms with van der Waals surface area (Å²) >= 11 is 0. The molecule has 2 aromatic rings. The molecule has 3 rings (SSSR count). The predicted octanol–water partition coefficient (Wildman–Crippen LogP) is 2.62. The molecule has 6 nitrogen and oxygen atoms in total. The van der Waals surface area contributed by atoms with Crippen LogP contribution in [0.25, 0.3) is 10.8 Å². The Hall–Kier alpha value is -2.50. The van der Waals surface area contributed by atoms with Crippen LogP contribution in [0.2, 0.25) is 0 Å². The third-order valence-corrected chi connectivity index (χ3v) is 4.87. The highest BCUT2D eigenvalue weighted by Gasteiger charge is 2.21. The van der Waals surface area contributed by atoms with E-state index >= 15 is 0 Å². The van der Waals surface area contributed by atoms with Crippen LogP contribution in [-0.4, -0.2) is 30.7 Å². The number of methoxy groups -OCH3 is 2. The van der Waals surface area contributed by atoms with Crippen LogP contribution in [0.15, 0.2) is 23.1 Å². The topological polar surface area (TPSA) is 69.6 Å². The molecule has 0 spiro atoms. The summed E-state index contributed by atoms with van der Waals surface area (Å²) in [5.74, 6) is 0.812. The first-order valence-corrected chi connectivity index (χ1v) is 8.61. The van der Waals surface area contributed by atoms with Crippen molar-refractivity contribution in [2.24, 2.45) is 7.05 Å². The number of hydrogen-bond acceptors (Lipinski definition) is 4. The average molecular weight is 344 g/mol. The number of nitrogens with one attached hydrogen (secondary N) is 1. The van der Waals surface area contributed by atoms with Gasteiger partial charge in [0, 0.05) is 24.7 Å². The van der Waals surface area contributed by atoms with Crippen molar-refractivity contribution in [3.63, 3.8) is 0 Å². The minimum absolute atomic E-state index is 0.153. The summed E-state index contributed by atoms with van der Waals surface area (Å²) < 4.78 is 12.1. The maximum Gasteiger partial charge on any atom is 0.258 e. The molecule has 1 aliphatic carbocycles. The second-order valence-corrected chi connectivity index (χ2v) is 6.52. The van der Waals surface area contributed by atoms with E-state index in [4.69, 9.17) is 9.47 Å². The van der Waals surface area contributed by atoms with Gasteiger partial charge in [0.2, 0.25) is 0 Å². The van der Waals surface area contributed by atoms with Gasteiger partial charge in [0.15, 0.2) is 11.5 Å². The van der Waals surface area contributed by atoms with Crippen molar-refractivity contribution in [1.29, 1.82) is 0 Å². The Kier molecular flexibility index (Phi) is 4.97. The molecule has 1 heterocycles. The average Bonchev–Trinajstić information content (AvgIpc) is 2.64. The fraction of sp³-hybridized carbons (Fsp3) is 0.474. The Labute approximate surface area is 146 Å². The van der Waals surface area contributed by atoms with E-state index in [-0.39, 0.29) is 17.5 Å². The number of benzene rings is 1. The minimum Gasteiger partial charge on any atom is -0.493 e. The zero-order chi connectivity index (χ0) is 18.0. The summed E-state index contributed by atoms with van der Waals surface area (Å²) in [6.07, 6.45) is 7.12. The number of rotatable bonds is 4. The molecule has 0 bridgehead atoms. The fourth-order valence-corrected chi connectivity index (χ4v) is 3.48. The molecule has 1 amide bonds. The van der Waals surface area contributed by atoms with E-state index < -0.39 is 0 Å². The third kappa shape index (κ3) is 3.34. The van der Waals surface area contributed by atoms with Crippen molar-refractivity contribution in [2.75, 3.05) is 14.2 Å². The molecule has 0 atom stereocenters. The molecule has 1 fully saturated rings. The van der Waals surface area contributed by atoms with Crippen molar-refractivity contribution in [2.45, 2.75) is 38.1 Å². The van der Waals surface area contributed by atoms with E-state index in [9.17, 15) is 9.59 Å². The summed E-state index contributed by atoms with van der Waals surface area (Å²) in [4.78, 5) is 25.3. The lowest BCUT2D eigenvalue weighted by Gasteiger charge is -2.23. The molecule has 1 aromatic carbocycles. The molecule has 0 radical (unpaired) electrons. The minimum atomic E-state index is -0.176. The zero-order valence-electron chi connectivity index (χ0n) is 14.9. The molecule has 0 saturated heterocycles. The standard InChI is InChI=1S/C19H24N2O4/c1-21-11-15(18(22)20-12-7-5-4-6-8-12)13-9-16(24-2)17(25-3)10-14(13)19(21)23/h9-12H,4-8H2,1-3H3,(H,20,22). The number of ether oxygens (including phenoxy) is 2. The van der Waals surface area contributed by atoms with Gasteiger partial charge in [-0.2, -0.15) is 0 Å². The summed E-state index contributed by atoms with van der Waals surface area (Å²) in [7, 11) is 4.70. The molecule has 1 saturated carbocycles. The first kappa shape index (κ1) is 17.3. The lowest BCUT2D eigenvalue weighted by Crippen LogP contribution is -2.37. The highest BCUT2D eigenvalue weighted by molar-refractivity contribution is 6.07. The van der Waals surface area contributed by atoms with Gasteiger partial charge >= 0.3 is 0 Å². The number of amides is 1. The summed E-state index contributed by atoms with van der Waals surface area (Å²) in [6, 6.07) is 3.54. The van der Waals surface area contributed by atoms with E-state index in [0.29, 0.717) is 27.8 Å². The second kappa shape index (κ2) is 7.17. The normalized spacial score (nSPS) is 15.2. The number of aromatic nitrogens is 1. The number of aryl methyl sites for hydroxylation is 1. The van der Waals surface area contributed by atoms with Gasteiger partial charge in [-0.15, -0.1) is 0 Å². The Morgan fingerprint density at radius 1 is 1.08 bits per heavy atom. The zero-order valence-corrected chi connectivity index (χ0v) is 14.9. The lowest BCUT2D eigenvalue weighted by atomic mass is 9.95. The smallest absolute Gasteiger partial charge is 0.258 e.